The number of hydrogen-bond acceptors (Lipinski definition) is 2. The van der Waals surface area contributed by atoms with E-state index in [2.05, 4.69) is 69.3 Å². The summed E-state index contributed by atoms with van der Waals surface area (Å²) in [5.74, 6) is 0.968. The number of unbranched alkanes of at least 4 members (excludes halogenated alkanes) is 14. The maximum Gasteiger partial charge on any atom is 0.119 e. The maximum atomic E-state index is 6.12. The van der Waals surface area contributed by atoms with E-state index >= 15 is 0 Å². The number of hydrogen-bond donors (Lipinski definition) is 0. The van der Waals surface area contributed by atoms with Crippen molar-refractivity contribution in [3.05, 3.63) is 54.1 Å². The van der Waals surface area contributed by atoms with Gasteiger partial charge < -0.3 is 9.47 Å². The summed E-state index contributed by atoms with van der Waals surface area (Å²) in [6.07, 6.45) is 21.6. The fourth-order valence-corrected chi connectivity index (χ4v) is 4.71. The van der Waals surface area contributed by atoms with E-state index < -0.39 is 0 Å². The van der Waals surface area contributed by atoms with E-state index in [4.69, 9.17) is 9.47 Å². The molecule has 0 N–H and O–H groups in total. The molecule has 2 aromatic carbocycles. The molecule has 0 aromatic heterocycles. The summed E-state index contributed by atoms with van der Waals surface area (Å²) >= 11 is 0. The Bertz CT molecular complexity index is 750. The van der Waals surface area contributed by atoms with Crippen molar-refractivity contribution in [3.8, 4) is 16.9 Å². The molecule has 0 aliphatic rings. The maximum absolute atomic E-state index is 6.12. The van der Waals surface area contributed by atoms with E-state index in [0.717, 1.165) is 25.4 Å². The summed E-state index contributed by atoms with van der Waals surface area (Å²) in [5, 5.41) is 0. The van der Waals surface area contributed by atoms with Crippen LogP contribution in [0.15, 0.2) is 48.5 Å². The van der Waals surface area contributed by atoms with Gasteiger partial charge in [0.25, 0.3) is 0 Å². The predicted octanol–water partition coefficient (Wildman–Crippen LogP) is 11.1. The van der Waals surface area contributed by atoms with Crippen LogP contribution in [0.2, 0.25) is 0 Å². The smallest absolute Gasteiger partial charge is 0.119 e. The lowest BCUT2D eigenvalue weighted by molar-refractivity contribution is 0.0627. The highest BCUT2D eigenvalue weighted by molar-refractivity contribution is 5.64. The molecule has 0 heterocycles. The zero-order chi connectivity index (χ0) is 25.7. The van der Waals surface area contributed by atoms with E-state index in [9.17, 15) is 0 Å². The molecule has 0 bridgehead atoms. The Hall–Kier alpha value is -1.80. The van der Waals surface area contributed by atoms with Gasteiger partial charge in [-0.3, -0.25) is 0 Å². The Morgan fingerprint density at radius 2 is 0.917 bits per heavy atom. The van der Waals surface area contributed by atoms with Crippen LogP contribution in [-0.2, 0) is 4.74 Å². The second kappa shape index (κ2) is 20.3. The van der Waals surface area contributed by atoms with Crippen molar-refractivity contribution in [1.29, 1.82) is 0 Å². The highest BCUT2D eigenvalue weighted by Gasteiger charge is 2.07. The normalized spacial score (nSPS) is 12.1. The second-order valence-corrected chi connectivity index (χ2v) is 10.5. The molecule has 0 saturated heterocycles. The third-order valence-corrected chi connectivity index (χ3v) is 7.20. The first-order valence-corrected chi connectivity index (χ1v) is 15.2. The Kier molecular flexibility index (Phi) is 17.1. The Balaban J connectivity index is 1.58. The SMILES string of the molecule is CCCCCCCCCCCCCOC(C)c1ccc(-c2ccc(OCCCCCCC)cc2)cc1. The molecular weight excluding hydrogens is 440 g/mol. The summed E-state index contributed by atoms with van der Waals surface area (Å²) in [6, 6.07) is 17.3. The van der Waals surface area contributed by atoms with Crippen LogP contribution in [-0.4, -0.2) is 13.2 Å². The first kappa shape index (κ1) is 30.4. The molecule has 0 spiro atoms. The van der Waals surface area contributed by atoms with Crippen LogP contribution in [0, 0.1) is 0 Å². The molecule has 2 rings (SSSR count). The molecule has 0 aliphatic heterocycles. The average molecular weight is 495 g/mol. The van der Waals surface area contributed by atoms with Crippen molar-refractivity contribution < 1.29 is 9.47 Å². The highest BCUT2D eigenvalue weighted by Crippen LogP contribution is 2.25. The van der Waals surface area contributed by atoms with Crippen LogP contribution in [0.5, 0.6) is 5.75 Å². The predicted molar refractivity (Wildman–Crippen MR) is 157 cm³/mol. The van der Waals surface area contributed by atoms with Gasteiger partial charge in [-0.25, -0.2) is 0 Å². The zero-order valence-electron chi connectivity index (χ0n) is 23.7. The van der Waals surface area contributed by atoms with E-state index in [0.29, 0.717) is 0 Å². The zero-order valence-corrected chi connectivity index (χ0v) is 23.7. The van der Waals surface area contributed by atoms with Gasteiger partial charge >= 0.3 is 0 Å². The molecule has 202 valence electrons. The molecule has 0 radical (unpaired) electrons. The van der Waals surface area contributed by atoms with Gasteiger partial charge in [0, 0.05) is 6.61 Å². The van der Waals surface area contributed by atoms with E-state index in [-0.39, 0.29) is 6.10 Å². The Labute approximate surface area is 223 Å². The lowest BCUT2D eigenvalue weighted by Gasteiger charge is -2.14. The van der Waals surface area contributed by atoms with Gasteiger partial charge in [0.2, 0.25) is 0 Å². The molecule has 2 aromatic rings. The lowest BCUT2D eigenvalue weighted by Crippen LogP contribution is -2.01. The second-order valence-electron chi connectivity index (χ2n) is 10.5. The van der Waals surface area contributed by atoms with Crippen molar-refractivity contribution >= 4 is 0 Å². The number of benzene rings is 2. The summed E-state index contributed by atoms with van der Waals surface area (Å²) in [5.41, 5.74) is 3.72. The highest BCUT2D eigenvalue weighted by atomic mass is 16.5. The van der Waals surface area contributed by atoms with Crippen LogP contribution in [0.4, 0.5) is 0 Å². The summed E-state index contributed by atoms with van der Waals surface area (Å²) in [4.78, 5) is 0. The molecule has 36 heavy (non-hydrogen) atoms. The minimum Gasteiger partial charge on any atom is -0.494 e. The van der Waals surface area contributed by atoms with Gasteiger partial charge in [0.05, 0.1) is 12.7 Å². The molecule has 0 amide bonds. The molecule has 0 fully saturated rings. The minimum atomic E-state index is 0.148. The molecule has 2 nitrogen and oxygen atoms in total. The molecule has 0 aliphatic carbocycles. The van der Waals surface area contributed by atoms with Gasteiger partial charge in [-0.05, 0) is 48.6 Å². The van der Waals surface area contributed by atoms with Gasteiger partial charge in [0.1, 0.15) is 5.75 Å². The number of rotatable bonds is 22. The molecule has 2 heteroatoms. The third kappa shape index (κ3) is 13.5. The standard InChI is InChI=1S/C34H54O2/c1-4-6-8-10-11-12-13-14-15-17-18-28-35-30(3)31-20-22-32(23-21-31)33-24-26-34(27-25-33)36-29-19-16-9-7-5-2/h20-27,30H,4-19,28-29H2,1-3H3. The first-order valence-electron chi connectivity index (χ1n) is 15.2. The van der Waals surface area contributed by atoms with Crippen molar-refractivity contribution in [1.82, 2.24) is 0 Å². The minimum absolute atomic E-state index is 0.148. The van der Waals surface area contributed by atoms with Gasteiger partial charge in [-0.1, -0.05) is 140 Å². The summed E-state index contributed by atoms with van der Waals surface area (Å²) < 4.78 is 12.0. The fourth-order valence-electron chi connectivity index (χ4n) is 4.71. The number of ether oxygens (including phenoxy) is 2. The van der Waals surface area contributed by atoms with Gasteiger partial charge in [-0.15, -0.1) is 0 Å². The van der Waals surface area contributed by atoms with Crippen LogP contribution >= 0.6 is 0 Å². The molecule has 1 atom stereocenters. The lowest BCUT2D eigenvalue weighted by atomic mass is 10.0. The summed E-state index contributed by atoms with van der Waals surface area (Å²) in [6.45, 7) is 8.38. The molecule has 0 saturated carbocycles. The van der Waals surface area contributed by atoms with Crippen molar-refractivity contribution in [3.63, 3.8) is 0 Å². The first-order chi connectivity index (χ1) is 17.7. The van der Waals surface area contributed by atoms with E-state index in [1.165, 1.54) is 113 Å². The molecular formula is C34H54O2. The Morgan fingerprint density at radius 3 is 1.42 bits per heavy atom. The van der Waals surface area contributed by atoms with Crippen molar-refractivity contribution in [2.24, 2.45) is 0 Å². The van der Waals surface area contributed by atoms with E-state index in [1.54, 1.807) is 0 Å². The average Bonchev–Trinajstić information content (AvgIpc) is 2.91. The van der Waals surface area contributed by atoms with Crippen LogP contribution in [0.1, 0.15) is 135 Å². The summed E-state index contributed by atoms with van der Waals surface area (Å²) in [7, 11) is 0. The fraction of sp³-hybridized carbons (Fsp3) is 0.647. The largest absolute Gasteiger partial charge is 0.494 e. The van der Waals surface area contributed by atoms with Crippen molar-refractivity contribution in [2.45, 2.75) is 130 Å². The van der Waals surface area contributed by atoms with Crippen LogP contribution < -0.4 is 4.74 Å². The third-order valence-electron chi connectivity index (χ3n) is 7.20. The quantitative estimate of drug-likeness (QED) is 0.151. The monoisotopic (exact) mass is 494 g/mol. The van der Waals surface area contributed by atoms with E-state index in [1.807, 2.05) is 0 Å². The van der Waals surface area contributed by atoms with Crippen LogP contribution in [0.25, 0.3) is 11.1 Å². The van der Waals surface area contributed by atoms with Gasteiger partial charge in [0.15, 0.2) is 0 Å². The topological polar surface area (TPSA) is 18.5 Å². The van der Waals surface area contributed by atoms with Gasteiger partial charge in [-0.2, -0.15) is 0 Å². The Morgan fingerprint density at radius 1 is 0.500 bits per heavy atom. The molecule has 1 unspecified atom stereocenters. The van der Waals surface area contributed by atoms with Crippen LogP contribution in [0.3, 0.4) is 0 Å². The van der Waals surface area contributed by atoms with Crippen molar-refractivity contribution in [2.75, 3.05) is 13.2 Å².